The summed E-state index contributed by atoms with van der Waals surface area (Å²) >= 11 is 0. The third kappa shape index (κ3) is 7.22. The molecule has 0 radical (unpaired) electrons. The van der Waals surface area contributed by atoms with E-state index in [2.05, 4.69) is 15.6 Å². The molecule has 9 nitrogen and oxygen atoms in total. The van der Waals surface area contributed by atoms with Crippen molar-refractivity contribution in [1.29, 1.82) is 0 Å². The lowest BCUT2D eigenvalue weighted by molar-refractivity contribution is -0.147. The summed E-state index contributed by atoms with van der Waals surface area (Å²) in [6, 6.07) is 6.71. The van der Waals surface area contributed by atoms with Gasteiger partial charge in [0.1, 0.15) is 11.9 Å². The van der Waals surface area contributed by atoms with E-state index in [1.54, 1.807) is 24.9 Å². The van der Waals surface area contributed by atoms with Gasteiger partial charge in [-0.3, -0.25) is 19.7 Å². The molecule has 0 bridgehead atoms. The number of pyridine rings is 1. The van der Waals surface area contributed by atoms with Gasteiger partial charge in [0.25, 0.3) is 0 Å². The summed E-state index contributed by atoms with van der Waals surface area (Å²) in [4.78, 5) is 45.0. The van der Waals surface area contributed by atoms with Crippen LogP contribution in [0, 0.1) is 5.92 Å². The number of carbonyl (C=O) groups excluding carboxylic acids is 3. The van der Waals surface area contributed by atoms with Crippen LogP contribution in [0.1, 0.15) is 70.8 Å². The van der Waals surface area contributed by atoms with Gasteiger partial charge < -0.3 is 20.7 Å². The summed E-state index contributed by atoms with van der Waals surface area (Å²) in [5.74, 6) is 0.301. The minimum Gasteiger partial charge on any atom is -0.462 e. The molecule has 0 spiro atoms. The first-order chi connectivity index (χ1) is 18.3. The fourth-order valence-corrected chi connectivity index (χ4v) is 5.71. The predicted octanol–water partition coefficient (Wildman–Crippen LogP) is 3.30. The Kier molecular flexibility index (Phi) is 9.55. The third-order valence-corrected chi connectivity index (χ3v) is 7.62. The molecule has 2 atom stereocenters. The zero-order valence-electron chi connectivity index (χ0n) is 22.6. The number of rotatable bonds is 10. The summed E-state index contributed by atoms with van der Waals surface area (Å²) in [5, 5.41) is 8.04. The van der Waals surface area contributed by atoms with Gasteiger partial charge in [-0.25, -0.2) is 4.98 Å². The number of likely N-dealkylation sites (tertiary alicyclic amines) is 1. The number of esters is 1. The zero-order chi connectivity index (χ0) is 27.1. The molecule has 1 aromatic heterocycles. The van der Waals surface area contributed by atoms with Crippen LogP contribution in [0.5, 0.6) is 0 Å². The van der Waals surface area contributed by atoms with E-state index in [9.17, 15) is 14.4 Å². The zero-order valence-corrected chi connectivity index (χ0v) is 22.6. The van der Waals surface area contributed by atoms with Crippen LogP contribution in [0.15, 0.2) is 30.5 Å². The molecule has 2 aliphatic rings. The van der Waals surface area contributed by atoms with E-state index in [0.29, 0.717) is 37.7 Å². The monoisotopic (exact) mass is 523 g/mol. The van der Waals surface area contributed by atoms with Gasteiger partial charge in [-0.1, -0.05) is 44.2 Å². The van der Waals surface area contributed by atoms with E-state index in [4.69, 9.17) is 10.5 Å². The summed E-state index contributed by atoms with van der Waals surface area (Å²) in [6.45, 7) is 4.49. The Morgan fingerprint density at radius 2 is 1.89 bits per heavy atom. The SMILES string of the molecule is CC(C)OC(=O)CN[C@H](CC1CCCCC1)C(=O)N1CCC[C@H]1C(=O)NCc1ccc2c(N)nccc2c1. The second-order valence-corrected chi connectivity index (χ2v) is 10.9. The smallest absolute Gasteiger partial charge is 0.320 e. The van der Waals surface area contributed by atoms with Gasteiger partial charge in [-0.15, -0.1) is 0 Å². The number of carbonyl (C=O) groups is 3. The largest absolute Gasteiger partial charge is 0.462 e. The van der Waals surface area contributed by atoms with Crippen molar-refractivity contribution in [3.05, 3.63) is 36.0 Å². The lowest BCUT2D eigenvalue weighted by atomic mass is 9.84. The minimum absolute atomic E-state index is 0.0198. The first kappa shape index (κ1) is 27.8. The molecule has 2 heterocycles. The molecule has 1 aliphatic heterocycles. The van der Waals surface area contributed by atoms with E-state index >= 15 is 0 Å². The van der Waals surface area contributed by atoms with E-state index < -0.39 is 12.1 Å². The van der Waals surface area contributed by atoms with Crippen LogP contribution in [-0.4, -0.2) is 58.9 Å². The van der Waals surface area contributed by atoms with Crippen molar-refractivity contribution in [3.8, 4) is 0 Å². The van der Waals surface area contributed by atoms with Crippen molar-refractivity contribution in [3.63, 3.8) is 0 Å². The van der Waals surface area contributed by atoms with Gasteiger partial charge in [-0.05, 0) is 62.1 Å². The van der Waals surface area contributed by atoms with Crippen LogP contribution in [0.2, 0.25) is 0 Å². The van der Waals surface area contributed by atoms with E-state index in [1.807, 2.05) is 24.3 Å². The Morgan fingerprint density at radius 3 is 2.66 bits per heavy atom. The van der Waals surface area contributed by atoms with Gasteiger partial charge in [0.2, 0.25) is 11.8 Å². The number of anilines is 1. The molecule has 2 fully saturated rings. The van der Waals surface area contributed by atoms with Gasteiger partial charge in [0.15, 0.2) is 0 Å². The van der Waals surface area contributed by atoms with Crippen LogP contribution in [-0.2, 0) is 25.7 Å². The summed E-state index contributed by atoms with van der Waals surface area (Å²) in [5.41, 5.74) is 6.90. The molecule has 9 heteroatoms. The number of nitrogens with one attached hydrogen (secondary N) is 2. The maximum Gasteiger partial charge on any atom is 0.320 e. The molecule has 4 rings (SSSR count). The van der Waals surface area contributed by atoms with Crippen molar-refractivity contribution in [2.45, 2.75) is 89.9 Å². The normalized spacial score (nSPS) is 19.0. The summed E-state index contributed by atoms with van der Waals surface area (Å²) in [6.07, 6.45) is 9.32. The first-order valence-electron chi connectivity index (χ1n) is 14.0. The van der Waals surface area contributed by atoms with Crippen LogP contribution >= 0.6 is 0 Å². The highest BCUT2D eigenvalue weighted by atomic mass is 16.5. The number of hydrogen-bond acceptors (Lipinski definition) is 7. The van der Waals surface area contributed by atoms with E-state index in [0.717, 1.165) is 35.6 Å². The minimum atomic E-state index is -0.513. The van der Waals surface area contributed by atoms with Gasteiger partial charge in [0.05, 0.1) is 18.7 Å². The fourth-order valence-electron chi connectivity index (χ4n) is 5.71. The molecule has 206 valence electrons. The Hall–Kier alpha value is -3.20. The molecule has 2 aromatic rings. The highest BCUT2D eigenvalue weighted by molar-refractivity contribution is 5.92. The average Bonchev–Trinajstić information content (AvgIpc) is 3.40. The molecule has 1 saturated heterocycles. The molecule has 4 N–H and O–H groups in total. The molecule has 1 saturated carbocycles. The Morgan fingerprint density at radius 1 is 1.11 bits per heavy atom. The molecule has 1 aliphatic carbocycles. The fraction of sp³-hybridized carbons (Fsp3) is 0.586. The Labute approximate surface area is 224 Å². The maximum absolute atomic E-state index is 13.7. The lowest BCUT2D eigenvalue weighted by Crippen LogP contribution is -2.53. The van der Waals surface area contributed by atoms with Crippen LogP contribution in [0.3, 0.4) is 0 Å². The standard InChI is InChI=1S/C29H41N5O4/c1-19(2)38-26(35)18-32-24(16-20-7-4-3-5-8-20)29(37)34-14-6-9-25(34)28(36)33-17-21-10-11-23-22(15-21)12-13-31-27(23)30/h10-13,15,19-20,24-25,32H,3-9,14,16-18H2,1-2H3,(H2,30,31)(H,33,36)/t24-,25+/m1/s1. The Balaban J connectivity index is 1.39. The number of ether oxygens (including phenoxy) is 1. The highest BCUT2D eigenvalue weighted by Crippen LogP contribution is 2.29. The summed E-state index contributed by atoms with van der Waals surface area (Å²) < 4.78 is 5.26. The van der Waals surface area contributed by atoms with Gasteiger partial charge in [0, 0.05) is 24.7 Å². The van der Waals surface area contributed by atoms with Gasteiger partial charge >= 0.3 is 5.97 Å². The van der Waals surface area contributed by atoms with Crippen molar-refractivity contribution in [1.82, 2.24) is 20.5 Å². The molecular formula is C29H41N5O4. The number of nitrogens with zero attached hydrogens (tertiary/aromatic N) is 2. The second-order valence-electron chi connectivity index (χ2n) is 10.9. The number of nitrogens with two attached hydrogens (primary N) is 1. The average molecular weight is 524 g/mol. The molecule has 2 amide bonds. The summed E-state index contributed by atoms with van der Waals surface area (Å²) in [7, 11) is 0. The quantitative estimate of drug-likeness (QED) is 0.408. The lowest BCUT2D eigenvalue weighted by Gasteiger charge is -2.31. The van der Waals surface area contributed by atoms with Crippen LogP contribution in [0.25, 0.3) is 10.8 Å². The molecule has 1 aromatic carbocycles. The van der Waals surface area contributed by atoms with E-state index in [1.165, 1.54) is 19.3 Å². The van der Waals surface area contributed by atoms with Crippen molar-refractivity contribution >= 4 is 34.4 Å². The first-order valence-corrected chi connectivity index (χ1v) is 14.0. The number of aromatic nitrogens is 1. The second kappa shape index (κ2) is 13.0. The third-order valence-electron chi connectivity index (χ3n) is 7.62. The van der Waals surface area contributed by atoms with Crippen molar-refractivity contribution in [2.75, 3.05) is 18.8 Å². The van der Waals surface area contributed by atoms with Crippen molar-refractivity contribution < 1.29 is 19.1 Å². The maximum atomic E-state index is 13.7. The number of hydrogen-bond donors (Lipinski definition) is 3. The molecule has 38 heavy (non-hydrogen) atoms. The number of benzene rings is 1. The number of nitrogen functional groups attached to an aromatic ring is 1. The topological polar surface area (TPSA) is 127 Å². The number of fused-ring (bicyclic) bond motifs is 1. The Bertz CT molecular complexity index is 1130. The van der Waals surface area contributed by atoms with Crippen LogP contribution < -0.4 is 16.4 Å². The predicted molar refractivity (Wildman–Crippen MR) is 147 cm³/mol. The van der Waals surface area contributed by atoms with Crippen molar-refractivity contribution in [2.24, 2.45) is 5.92 Å². The number of amides is 2. The highest BCUT2D eigenvalue weighted by Gasteiger charge is 2.38. The molecular weight excluding hydrogens is 482 g/mol. The van der Waals surface area contributed by atoms with E-state index in [-0.39, 0.29) is 30.4 Å². The molecule has 0 unspecified atom stereocenters. The van der Waals surface area contributed by atoms with Crippen LogP contribution in [0.4, 0.5) is 5.82 Å². The van der Waals surface area contributed by atoms with Gasteiger partial charge in [-0.2, -0.15) is 0 Å².